The summed E-state index contributed by atoms with van der Waals surface area (Å²) in [6.07, 6.45) is 6.87. The van der Waals surface area contributed by atoms with Gasteiger partial charge in [0, 0.05) is 11.8 Å². The van der Waals surface area contributed by atoms with Gasteiger partial charge in [-0.1, -0.05) is 19.8 Å². The Morgan fingerprint density at radius 1 is 1.26 bits per heavy atom. The number of ether oxygens (including phenoxy) is 2. The molecule has 0 aromatic carbocycles. The molecule has 0 amide bonds. The minimum atomic E-state index is 0.121. The summed E-state index contributed by atoms with van der Waals surface area (Å²) in [5.41, 5.74) is 6.80. The minimum absolute atomic E-state index is 0.121. The van der Waals surface area contributed by atoms with Gasteiger partial charge in [0.05, 0.1) is 13.2 Å². The molecule has 5 heteroatoms. The maximum Gasteiger partial charge on any atom is 0.223 e. The number of nitrogens with zero attached hydrogens (tertiary/aromatic N) is 2. The summed E-state index contributed by atoms with van der Waals surface area (Å²) in [5.74, 6) is 2.28. The van der Waals surface area contributed by atoms with E-state index in [1.807, 2.05) is 6.20 Å². The normalized spacial score (nSPS) is 27.8. The first-order chi connectivity index (χ1) is 9.22. The predicted molar refractivity (Wildman–Crippen MR) is 72.1 cm³/mol. The van der Waals surface area contributed by atoms with E-state index in [0.717, 1.165) is 11.5 Å². The molecular weight excluding hydrogens is 242 g/mol. The number of nitrogen functional groups attached to an aromatic ring is 1. The molecule has 0 bridgehead atoms. The largest absolute Gasteiger partial charge is 0.469 e. The van der Waals surface area contributed by atoms with Crippen LogP contribution in [0.3, 0.4) is 0 Å². The highest BCUT2D eigenvalue weighted by Gasteiger charge is 2.27. The van der Waals surface area contributed by atoms with Gasteiger partial charge in [-0.15, -0.1) is 0 Å². The Hall–Kier alpha value is -1.36. The number of aromatic nitrogens is 2. The first-order valence-corrected chi connectivity index (χ1v) is 7.09. The van der Waals surface area contributed by atoms with Gasteiger partial charge in [0.1, 0.15) is 6.10 Å². The van der Waals surface area contributed by atoms with E-state index in [4.69, 9.17) is 15.2 Å². The van der Waals surface area contributed by atoms with Crippen molar-refractivity contribution < 1.29 is 9.47 Å². The third-order valence-electron chi connectivity index (χ3n) is 4.14. The molecule has 3 rings (SSSR count). The molecule has 5 nitrogen and oxygen atoms in total. The predicted octanol–water partition coefficient (Wildman–Crippen LogP) is 2.13. The first-order valence-electron chi connectivity index (χ1n) is 7.09. The van der Waals surface area contributed by atoms with Crippen molar-refractivity contribution in [2.45, 2.75) is 44.6 Å². The molecule has 2 heterocycles. The zero-order valence-electron chi connectivity index (χ0n) is 11.3. The molecule has 0 radical (unpaired) electrons. The highest BCUT2D eigenvalue weighted by molar-refractivity contribution is 5.33. The van der Waals surface area contributed by atoms with Crippen LogP contribution in [0.2, 0.25) is 0 Å². The Labute approximate surface area is 113 Å². The molecular formula is C14H21N3O2. The Balaban J connectivity index is 1.78. The van der Waals surface area contributed by atoms with Gasteiger partial charge in [-0.2, -0.15) is 4.98 Å². The van der Waals surface area contributed by atoms with Crippen LogP contribution in [0.25, 0.3) is 0 Å². The fraction of sp³-hybridized carbons (Fsp3) is 0.714. The van der Waals surface area contributed by atoms with Crippen molar-refractivity contribution in [2.75, 3.05) is 18.9 Å². The molecule has 0 unspecified atom stereocenters. The maximum atomic E-state index is 5.89. The summed E-state index contributed by atoms with van der Waals surface area (Å²) in [4.78, 5) is 8.42. The smallest absolute Gasteiger partial charge is 0.223 e. The van der Waals surface area contributed by atoms with Crippen molar-refractivity contribution in [3.05, 3.63) is 11.8 Å². The van der Waals surface area contributed by atoms with Crippen molar-refractivity contribution >= 4 is 5.95 Å². The van der Waals surface area contributed by atoms with Gasteiger partial charge in [0.15, 0.2) is 0 Å². The molecule has 1 saturated carbocycles. The summed E-state index contributed by atoms with van der Waals surface area (Å²) >= 11 is 0. The molecule has 1 aliphatic heterocycles. The highest BCUT2D eigenvalue weighted by Crippen LogP contribution is 2.38. The van der Waals surface area contributed by atoms with Gasteiger partial charge < -0.3 is 15.2 Å². The third kappa shape index (κ3) is 2.81. The molecule has 2 N–H and O–H groups in total. The second-order valence-electron chi connectivity index (χ2n) is 5.72. The van der Waals surface area contributed by atoms with Gasteiger partial charge >= 0.3 is 0 Å². The van der Waals surface area contributed by atoms with E-state index < -0.39 is 0 Å². The second kappa shape index (κ2) is 5.33. The van der Waals surface area contributed by atoms with Crippen LogP contribution in [-0.2, 0) is 4.74 Å². The van der Waals surface area contributed by atoms with E-state index in [1.54, 1.807) is 0 Å². The Morgan fingerprint density at radius 3 is 2.63 bits per heavy atom. The van der Waals surface area contributed by atoms with Crippen LogP contribution < -0.4 is 10.5 Å². The molecule has 2 aliphatic rings. The monoisotopic (exact) mass is 263 g/mol. The average Bonchev–Trinajstić information content (AvgIpc) is 2.35. The fourth-order valence-electron chi connectivity index (χ4n) is 2.77. The van der Waals surface area contributed by atoms with Crippen LogP contribution in [0.4, 0.5) is 5.95 Å². The number of nitrogens with two attached hydrogens (primary N) is 1. The zero-order valence-corrected chi connectivity index (χ0v) is 11.3. The summed E-state index contributed by atoms with van der Waals surface area (Å²) in [6.45, 7) is 3.61. The molecule has 19 heavy (non-hydrogen) atoms. The number of rotatable bonds is 3. The maximum absolute atomic E-state index is 5.89. The molecule has 0 atom stereocenters. The van der Waals surface area contributed by atoms with Crippen LogP contribution in [0, 0.1) is 5.92 Å². The summed E-state index contributed by atoms with van der Waals surface area (Å²) in [6, 6.07) is 0. The van der Waals surface area contributed by atoms with Crippen LogP contribution in [0.1, 0.15) is 44.1 Å². The lowest BCUT2D eigenvalue weighted by Crippen LogP contribution is -2.39. The second-order valence-corrected chi connectivity index (χ2v) is 5.72. The molecule has 0 spiro atoms. The van der Waals surface area contributed by atoms with Crippen LogP contribution in [0.5, 0.6) is 5.88 Å². The van der Waals surface area contributed by atoms with Crippen molar-refractivity contribution in [3.63, 3.8) is 0 Å². The molecule has 1 aromatic rings. The van der Waals surface area contributed by atoms with Crippen molar-refractivity contribution in [1.29, 1.82) is 0 Å². The molecule has 2 fully saturated rings. The summed E-state index contributed by atoms with van der Waals surface area (Å²) in [5, 5.41) is 0. The molecule has 1 saturated heterocycles. The van der Waals surface area contributed by atoms with E-state index in [9.17, 15) is 0 Å². The first kappa shape index (κ1) is 12.7. The highest BCUT2D eigenvalue weighted by atomic mass is 16.6. The van der Waals surface area contributed by atoms with Crippen molar-refractivity contribution in [3.8, 4) is 5.88 Å². The number of hydrogen-bond donors (Lipinski definition) is 1. The van der Waals surface area contributed by atoms with Gasteiger partial charge in [-0.05, 0) is 24.7 Å². The van der Waals surface area contributed by atoms with E-state index >= 15 is 0 Å². The lowest BCUT2D eigenvalue weighted by Gasteiger charge is -2.30. The minimum Gasteiger partial charge on any atom is -0.469 e. The number of hydrogen-bond acceptors (Lipinski definition) is 5. The summed E-state index contributed by atoms with van der Waals surface area (Å²) in [7, 11) is 0. The lowest BCUT2D eigenvalue weighted by atomic mass is 9.80. The Morgan fingerprint density at radius 2 is 2.00 bits per heavy atom. The van der Waals surface area contributed by atoms with Crippen molar-refractivity contribution in [2.24, 2.45) is 5.92 Å². The van der Waals surface area contributed by atoms with Crippen LogP contribution >= 0.6 is 0 Å². The third-order valence-corrected chi connectivity index (χ3v) is 4.14. The molecule has 104 valence electrons. The van der Waals surface area contributed by atoms with E-state index in [2.05, 4.69) is 16.9 Å². The van der Waals surface area contributed by atoms with Crippen LogP contribution in [0.15, 0.2) is 6.20 Å². The standard InChI is InChI=1S/C14H21N3O2/c1-9-2-4-10(5-3-9)12-6-16-14(15)17-13(12)19-11-7-18-8-11/h6,9-11H,2-5,7-8H2,1H3,(H2,15,16,17)/t9-,10-. The Kier molecular flexibility index (Phi) is 3.55. The summed E-state index contributed by atoms with van der Waals surface area (Å²) < 4.78 is 11.0. The van der Waals surface area contributed by atoms with Crippen LogP contribution in [-0.4, -0.2) is 29.3 Å². The Bertz CT molecular complexity index is 440. The van der Waals surface area contributed by atoms with Gasteiger partial charge in [-0.3, -0.25) is 0 Å². The van der Waals surface area contributed by atoms with E-state index in [-0.39, 0.29) is 12.1 Å². The van der Waals surface area contributed by atoms with E-state index in [0.29, 0.717) is 25.0 Å². The topological polar surface area (TPSA) is 70.3 Å². The molecule has 1 aromatic heterocycles. The van der Waals surface area contributed by atoms with Gasteiger partial charge in [-0.25, -0.2) is 4.98 Å². The van der Waals surface area contributed by atoms with Gasteiger partial charge in [0.2, 0.25) is 11.8 Å². The molecule has 1 aliphatic carbocycles. The van der Waals surface area contributed by atoms with E-state index in [1.165, 1.54) is 25.7 Å². The average molecular weight is 263 g/mol. The fourth-order valence-corrected chi connectivity index (χ4v) is 2.77. The van der Waals surface area contributed by atoms with Gasteiger partial charge in [0.25, 0.3) is 0 Å². The lowest BCUT2D eigenvalue weighted by molar-refractivity contribution is -0.0818. The quantitative estimate of drug-likeness (QED) is 0.904. The zero-order chi connectivity index (χ0) is 13.2. The SMILES string of the molecule is C[C@H]1CC[C@H](c2cnc(N)nc2OC2COC2)CC1. The van der Waals surface area contributed by atoms with Crippen molar-refractivity contribution in [1.82, 2.24) is 9.97 Å². The number of anilines is 1.